The molecule has 33 heavy (non-hydrogen) atoms. The number of para-hydroxylation sites is 2. The molecule has 2 aromatic carbocycles. The lowest BCUT2D eigenvalue weighted by atomic mass is 9.63. The van der Waals surface area contributed by atoms with Gasteiger partial charge in [-0.15, -0.1) is 0 Å². The predicted molar refractivity (Wildman–Crippen MR) is 115 cm³/mol. The van der Waals surface area contributed by atoms with E-state index in [-0.39, 0.29) is 46.8 Å². The number of carbonyl (C=O) groups excluding carboxylic acids is 4. The number of benzene rings is 2. The Bertz CT molecular complexity index is 1170. The quantitative estimate of drug-likeness (QED) is 0.306. The van der Waals surface area contributed by atoms with Crippen LogP contribution in [0.2, 0.25) is 0 Å². The second kappa shape index (κ2) is 7.40. The highest BCUT2D eigenvalue weighted by molar-refractivity contribution is 6.08. The SMILES string of the molecule is O=C(CN1C(=O)[C@@H]2[C@H]3C=C[C@@H]([C@@H]4C[C@@H]34)[C@@H]2C1=O)Oc1ccccc1C(=O)Oc1ccccc1. The lowest BCUT2D eigenvalue weighted by molar-refractivity contribution is -0.148. The topological polar surface area (TPSA) is 90.0 Å². The molecule has 7 rings (SSSR count). The van der Waals surface area contributed by atoms with Gasteiger partial charge in [-0.2, -0.15) is 0 Å². The van der Waals surface area contributed by atoms with Crippen LogP contribution in [0.4, 0.5) is 0 Å². The first-order chi connectivity index (χ1) is 16.0. The number of ether oxygens (including phenoxy) is 2. The Morgan fingerprint density at radius 1 is 0.818 bits per heavy atom. The molecule has 1 saturated heterocycles. The molecule has 1 aliphatic heterocycles. The van der Waals surface area contributed by atoms with Crippen molar-refractivity contribution < 1.29 is 28.7 Å². The van der Waals surface area contributed by atoms with Crippen LogP contribution in [0.25, 0.3) is 0 Å². The Hall–Kier alpha value is -3.74. The van der Waals surface area contributed by atoms with Gasteiger partial charge in [0, 0.05) is 0 Å². The van der Waals surface area contributed by atoms with Crippen molar-refractivity contribution in [2.75, 3.05) is 6.54 Å². The molecule has 4 aliphatic carbocycles. The molecular weight excluding hydrogens is 422 g/mol. The van der Waals surface area contributed by atoms with Gasteiger partial charge in [0.05, 0.1) is 11.8 Å². The van der Waals surface area contributed by atoms with E-state index in [2.05, 4.69) is 12.2 Å². The first-order valence-corrected chi connectivity index (χ1v) is 11.1. The fraction of sp³-hybridized carbons (Fsp3) is 0.308. The highest BCUT2D eigenvalue weighted by atomic mass is 16.6. The molecule has 3 fully saturated rings. The molecule has 2 bridgehead atoms. The van der Waals surface area contributed by atoms with Gasteiger partial charge in [-0.1, -0.05) is 42.5 Å². The zero-order valence-corrected chi connectivity index (χ0v) is 17.6. The predicted octanol–water partition coefficient (Wildman–Crippen LogP) is 2.86. The van der Waals surface area contributed by atoms with Crippen molar-refractivity contribution in [3.63, 3.8) is 0 Å². The second-order valence-corrected chi connectivity index (χ2v) is 9.09. The van der Waals surface area contributed by atoms with Crippen molar-refractivity contribution in [1.29, 1.82) is 0 Å². The highest BCUT2D eigenvalue weighted by Crippen LogP contribution is 2.65. The van der Waals surface area contributed by atoms with Gasteiger partial charge in [-0.3, -0.25) is 14.5 Å². The van der Waals surface area contributed by atoms with Crippen LogP contribution in [0.1, 0.15) is 16.8 Å². The number of esters is 2. The van der Waals surface area contributed by atoms with Crippen LogP contribution < -0.4 is 9.47 Å². The number of allylic oxidation sites excluding steroid dienone is 2. The Morgan fingerprint density at radius 3 is 2.09 bits per heavy atom. The number of rotatable bonds is 5. The molecule has 6 atom stereocenters. The molecule has 0 N–H and O–H groups in total. The van der Waals surface area contributed by atoms with Crippen molar-refractivity contribution in [3.8, 4) is 11.5 Å². The fourth-order valence-corrected chi connectivity index (χ4v) is 5.83. The van der Waals surface area contributed by atoms with Crippen LogP contribution >= 0.6 is 0 Å². The minimum atomic E-state index is -0.777. The average molecular weight is 443 g/mol. The van der Waals surface area contributed by atoms with Crippen LogP contribution in [0.15, 0.2) is 66.7 Å². The van der Waals surface area contributed by atoms with Crippen LogP contribution in [-0.4, -0.2) is 35.2 Å². The molecule has 0 aromatic heterocycles. The zero-order chi connectivity index (χ0) is 22.7. The Labute approximate surface area is 190 Å². The molecule has 5 aliphatic rings. The van der Waals surface area contributed by atoms with Crippen molar-refractivity contribution in [2.45, 2.75) is 6.42 Å². The maximum atomic E-state index is 13.1. The van der Waals surface area contributed by atoms with E-state index in [1.807, 2.05) is 0 Å². The van der Waals surface area contributed by atoms with Crippen molar-refractivity contribution >= 4 is 23.8 Å². The lowest BCUT2D eigenvalue weighted by Crippen LogP contribution is -2.40. The summed E-state index contributed by atoms with van der Waals surface area (Å²) in [5.41, 5.74) is 0.0739. The van der Waals surface area contributed by atoms with E-state index in [0.29, 0.717) is 17.6 Å². The monoisotopic (exact) mass is 443 g/mol. The summed E-state index contributed by atoms with van der Waals surface area (Å²) in [4.78, 5) is 52.5. The van der Waals surface area contributed by atoms with E-state index in [4.69, 9.17) is 9.47 Å². The molecule has 1 heterocycles. The van der Waals surface area contributed by atoms with E-state index in [0.717, 1.165) is 11.3 Å². The summed E-state index contributed by atoms with van der Waals surface area (Å²) in [5.74, 6) is -1.21. The standard InChI is InChI=1S/C26H21NO6/c28-21(33-20-9-5-4-8-17(20)26(31)32-14-6-2-1-3-7-14)13-27-24(29)22-15-10-11-16(19-12-18(15)19)23(22)25(27)30/h1-11,15-16,18-19,22-23H,12-13H2/t15-,16-,18-,19-,22-,23+/m0/s1. The smallest absolute Gasteiger partial charge is 0.347 e. The Balaban J connectivity index is 1.16. The number of nitrogens with zero attached hydrogens (tertiary/aromatic N) is 1. The molecule has 2 aromatic rings. The van der Waals surface area contributed by atoms with Crippen molar-refractivity contribution in [1.82, 2.24) is 4.90 Å². The van der Waals surface area contributed by atoms with E-state index in [1.165, 1.54) is 12.1 Å². The van der Waals surface area contributed by atoms with Gasteiger partial charge in [0.25, 0.3) is 0 Å². The molecule has 7 nitrogen and oxygen atoms in total. The average Bonchev–Trinajstić information content (AvgIpc) is 3.61. The van der Waals surface area contributed by atoms with Crippen molar-refractivity contribution in [3.05, 3.63) is 72.3 Å². The van der Waals surface area contributed by atoms with Crippen LogP contribution in [0.3, 0.4) is 0 Å². The lowest BCUT2D eigenvalue weighted by Gasteiger charge is -2.37. The number of amides is 2. The highest BCUT2D eigenvalue weighted by Gasteiger charge is 2.67. The summed E-state index contributed by atoms with van der Waals surface area (Å²) >= 11 is 0. The summed E-state index contributed by atoms with van der Waals surface area (Å²) in [5, 5.41) is 0. The first-order valence-electron chi connectivity index (χ1n) is 11.1. The summed E-state index contributed by atoms with van der Waals surface area (Å²) in [7, 11) is 0. The number of imide groups is 1. The van der Waals surface area contributed by atoms with Gasteiger partial charge in [0.2, 0.25) is 11.8 Å². The van der Waals surface area contributed by atoms with Gasteiger partial charge >= 0.3 is 11.9 Å². The third-order valence-corrected chi connectivity index (χ3v) is 7.33. The molecule has 0 unspecified atom stereocenters. The van der Waals surface area contributed by atoms with Crippen LogP contribution in [0, 0.1) is 35.5 Å². The maximum Gasteiger partial charge on any atom is 0.347 e. The van der Waals surface area contributed by atoms with Gasteiger partial charge < -0.3 is 9.47 Å². The molecule has 0 radical (unpaired) electrons. The zero-order valence-electron chi connectivity index (χ0n) is 17.6. The summed E-state index contributed by atoms with van der Waals surface area (Å²) in [6, 6.07) is 14.8. The molecule has 2 amide bonds. The maximum absolute atomic E-state index is 13.1. The number of hydrogen-bond acceptors (Lipinski definition) is 6. The molecule has 166 valence electrons. The van der Waals surface area contributed by atoms with Gasteiger partial charge in [-0.25, -0.2) is 9.59 Å². The summed E-state index contributed by atoms with van der Waals surface area (Å²) < 4.78 is 10.8. The Morgan fingerprint density at radius 2 is 1.42 bits per heavy atom. The normalized spacial score (nSPS) is 30.6. The van der Waals surface area contributed by atoms with Crippen LogP contribution in [-0.2, 0) is 14.4 Å². The van der Waals surface area contributed by atoms with Crippen molar-refractivity contribution in [2.24, 2.45) is 35.5 Å². The van der Waals surface area contributed by atoms with E-state index >= 15 is 0 Å². The molecular formula is C26H21NO6. The molecule has 7 heteroatoms. The number of likely N-dealkylation sites (tertiary alicyclic amines) is 1. The van der Waals surface area contributed by atoms with E-state index < -0.39 is 18.5 Å². The van der Waals surface area contributed by atoms with Gasteiger partial charge in [0.15, 0.2) is 0 Å². The third kappa shape index (κ3) is 3.18. The number of carbonyl (C=O) groups is 4. The minimum absolute atomic E-state index is 0.0166. The second-order valence-electron chi connectivity index (χ2n) is 9.09. The third-order valence-electron chi connectivity index (χ3n) is 7.33. The minimum Gasteiger partial charge on any atom is -0.424 e. The summed E-state index contributed by atoms with van der Waals surface area (Å²) in [6.07, 6.45) is 5.25. The first kappa shape index (κ1) is 19.9. The number of hydrogen-bond donors (Lipinski definition) is 0. The summed E-state index contributed by atoms with van der Waals surface area (Å²) in [6.45, 7) is -0.471. The van der Waals surface area contributed by atoms with Crippen LogP contribution in [0.5, 0.6) is 11.5 Å². The van der Waals surface area contributed by atoms with Gasteiger partial charge in [0.1, 0.15) is 23.6 Å². The molecule has 0 spiro atoms. The van der Waals surface area contributed by atoms with Gasteiger partial charge in [-0.05, 0) is 54.4 Å². The largest absolute Gasteiger partial charge is 0.424 e. The molecule has 2 saturated carbocycles. The Kier molecular flexibility index (Phi) is 4.47. The fourth-order valence-electron chi connectivity index (χ4n) is 5.83. The van der Waals surface area contributed by atoms with E-state index in [9.17, 15) is 19.2 Å². The van der Waals surface area contributed by atoms with E-state index in [1.54, 1.807) is 42.5 Å².